The standard InChI is InChI=1S/C36H32FN3O3/c37-30-15-12-27(13-16-30)35-32(11-5-7-24-6-4-8-25(20-24)21-34(41)42)38-33-22-28(14-17-31(33)39-35)36(43)40-19-18-29(23-40)26-9-2-1-3-10-26/h1-4,6,8-10,12-17,20,22,29H,5,7,11,18-19,21,23H2,(H,41,42). The molecule has 0 bridgehead atoms. The van der Waals surface area contributed by atoms with Crippen LogP contribution in [0.1, 0.15) is 51.5 Å². The predicted molar refractivity (Wildman–Crippen MR) is 164 cm³/mol. The number of carbonyl (C=O) groups excluding carboxylic acids is 1. The Bertz CT molecular complexity index is 1770. The molecule has 1 N–H and O–H groups in total. The van der Waals surface area contributed by atoms with Crippen LogP contribution in [0.5, 0.6) is 0 Å². The third-order valence-corrected chi connectivity index (χ3v) is 8.07. The van der Waals surface area contributed by atoms with Crippen molar-refractivity contribution in [1.29, 1.82) is 0 Å². The topological polar surface area (TPSA) is 83.4 Å². The van der Waals surface area contributed by atoms with Crippen LogP contribution in [-0.4, -0.2) is 44.9 Å². The molecule has 2 heterocycles. The van der Waals surface area contributed by atoms with Gasteiger partial charge in [0, 0.05) is 30.1 Å². The van der Waals surface area contributed by atoms with Gasteiger partial charge in [-0.2, -0.15) is 0 Å². The van der Waals surface area contributed by atoms with Crippen LogP contribution in [0.3, 0.4) is 0 Å². The highest BCUT2D eigenvalue weighted by molar-refractivity contribution is 5.97. The Balaban J connectivity index is 1.25. The van der Waals surface area contributed by atoms with Crippen LogP contribution in [0.15, 0.2) is 97.1 Å². The van der Waals surface area contributed by atoms with Crippen molar-refractivity contribution in [1.82, 2.24) is 14.9 Å². The summed E-state index contributed by atoms with van der Waals surface area (Å²) in [6.45, 7) is 1.40. The van der Waals surface area contributed by atoms with E-state index in [1.165, 1.54) is 17.7 Å². The van der Waals surface area contributed by atoms with E-state index >= 15 is 0 Å². The zero-order chi connectivity index (χ0) is 29.8. The summed E-state index contributed by atoms with van der Waals surface area (Å²) < 4.78 is 13.7. The SMILES string of the molecule is O=C(O)Cc1cccc(CCCc2nc3cc(C(=O)N4CCC(c5ccccc5)C4)ccc3nc2-c2ccc(F)cc2)c1. The van der Waals surface area contributed by atoms with Gasteiger partial charge < -0.3 is 10.0 Å². The zero-order valence-corrected chi connectivity index (χ0v) is 23.7. The maximum atomic E-state index is 13.7. The first kappa shape index (κ1) is 28.2. The van der Waals surface area contributed by atoms with E-state index in [2.05, 4.69) is 12.1 Å². The van der Waals surface area contributed by atoms with E-state index in [4.69, 9.17) is 15.1 Å². The lowest BCUT2D eigenvalue weighted by molar-refractivity contribution is -0.136. The minimum absolute atomic E-state index is 0.00691. The number of aliphatic carboxylic acids is 1. The molecule has 4 aromatic carbocycles. The average Bonchev–Trinajstić information content (AvgIpc) is 3.51. The molecule has 1 amide bonds. The molecule has 6 nitrogen and oxygen atoms in total. The van der Waals surface area contributed by atoms with Crippen LogP contribution < -0.4 is 0 Å². The number of aryl methyl sites for hydroxylation is 2. The fraction of sp³-hybridized carbons (Fsp3) is 0.222. The summed E-state index contributed by atoms with van der Waals surface area (Å²) in [7, 11) is 0. The summed E-state index contributed by atoms with van der Waals surface area (Å²) >= 11 is 0. The molecule has 6 rings (SSSR count). The van der Waals surface area contributed by atoms with Crippen LogP contribution >= 0.6 is 0 Å². The lowest BCUT2D eigenvalue weighted by Gasteiger charge is -2.17. The molecule has 5 aromatic rings. The van der Waals surface area contributed by atoms with Crippen molar-refractivity contribution in [2.75, 3.05) is 13.1 Å². The number of hydrogen-bond acceptors (Lipinski definition) is 4. The quantitative estimate of drug-likeness (QED) is 0.208. The van der Waals surface area contributed by atoms with Gasteiger partial charge in [0.05, 0.1) is 28.8 Å². The van der Waals surface area contributed by atoms with Crippen molar-refractivity contribution in [3.8, 4) is 11.3 Å². The van der Waals surface area contributed by atoms with Crippen LogP contribution in [-0.2, 0) is 24.1 Å². The van der Waals surface area contributed by atoms with E-state index in [1.54, 1.807) is 12.1 Å². The van der Waals surface area contributed by atoms with Crippen molar-refractivity contribution in [2.24, 2.45) is 0 Å². The number of benzene rings is 4. The molecule has 1 atom stereocenters. The average molecular weight is 574 g/mol. The smallest absolute Gasteiger partial charge is 0.307 e. The molecule has 1 unspecified atom stereocenters. The van der Waals surface area contributed by atoms with Gasteiger partial charge in [-0.3, -0.25) is 9.59 Å². The van der Waals surface area contributed by atoms with Crippen molar-refractivity contribution in [2.45, 2.75) is 38.0 Å². The number of carbonyl (C=O) groups is 2. The lowest BCUT2D eigenvalue weighted by Crippen LogP contribution is -2.28. The minimum atomic E-state index is -0.855. The number of aromatic nitrogens is 2. The summed E-state index contributed by atoms with van der Waals surface area (Å²) in [6, 6.07) is 29.7. The van der Waals surface area contributed by atoms with Gasteiger partial charge in [-0.05, 0) is 84.8 Å². The van der Waals surface area contributed by atoms with Crippen molar-refractivity contribution < 1.29 is 19.1 Å². The lowest BCUT2D eigenvalue weighted by atomic mass is 9.99. The van der Waals surface area contributed by atoms with Gasteiger partial charge in [-0.15, -0.1) is 0 Å². The third kappa shape index (κ3) is 6.61. The van der Waals surface area contributed by atoms with E-state index in [9.17, 15) is 14.0 Å². The maximum Gasteiger partial charge on any atom is 0.307 e. The fourth-order valence-electron chi connectivity index (χ4n) is 5.89. The molecular formula is C36H32FN3O3. The van der Waals surface area contributed by atoms with Crippen molar-refractivity contribution >= 4 is 22.9 Å². The largest absolute Gasteiger partial charge is 0.481 e. The number of amides is 1. The highest BCUT2D eigenvalue weighted by Crippen LogP contribution is 2.29. The molecule has 0 radical (unpaired) electrons. The molecule has 216 valence electrons. The summed E-state index contributed by atoms with van der Waals surface area (Å²) in [6.07, 6.45) is 3.05. The molecule has 0 saturated carbocycles. The van der Waals surface area contributed by atoms with E-state index in [0.717, 1.165) is 41.6 Å². The minimum Gasteiger partial charge on any atom is -0.481 e. The number of carboxylic acid groups (broad SMARTS) is 1. The second-order valence-electron chi connectivity index (χ2n) is 11.1. The Kier molecular flexibility index (Phi) is 8.22. The van der Waals surface area contributed by atoms with Crippen molar-refractivity contribution in [3.05, 3.63) is 131 Å². The van der Waals surface area contributed by atoms with E-state index in [0.29, 0.717) is 47.7 Å². The first-order chi connectivity index (χ1) is 20.9. The summed E-state index contributed by atoms with van der Waals surface area (Å²) in [5.74, 6) is -0.849. The highest BCUT2D eigenvalue weighted by atomic mass is 19.1. The van der Waals surface area contributed by atoms with Gasteiger partial charge in [0.15, 0.2) is 0 Å². The number of hydrogen-bond donors (Lipinski definition) is 1. The molecule has 1 aliphatic heterocycles. The molecule has 1 fully saturated rings. The Hall–Kier alpha value is -4.91. The number of nitrogens with zero attached hydrogens (tertiary/aromatic N) is 3. The molecular weight excluding hydrogens is 541 g/mol. The normalized spacial score (nSPS) is 14.7. The molecule has 1 saturated heterocycles. The van der Waals surface area contributed by atoms with E-state index < -0.39 is 5.97 Å². The summed E-state index contributed by atoms with van der Waals surface area (Å²) in [5.41, 5.74) is 7.24. The summed E-state index contributed by atoms with van der Waals surface area (Å²) in [4.78, 5) is 36.5. The third-order valence-electron chi connectivity index (χ3n) is 8.07. The number of carboxylic acids is 1. The van der Waals surface area contributed by atoms with Crippen LogP contribution in [0.25, 0.3) is 22.3 Å². The zero-order valence-electron chi connectivity index (χ0n) is 23.7. The first-order valence-corrected chi connectivity index (χ1v) is 14.6. The number of likely N-dealkylation sites (tertiary alicyclic amines) is 1. The van der Waals surface area contributed by atoms with E-state index in [-0.39, 0.29) is 18.1 Å². The Morgan fingerprint density at radius 1 is 0.837 bits per heavy atom. The second kappa shape index (κ2) is 12.5. The first-order valence-electron chi connectivity index (χ1n) is 14.6. The number of fused-ring (bicyclic) bond motifs is 1. The number of halogens is 1. The van der Waals surface area contributed by atoms with E-state index in [1.807, 2.05) is 65.6 Å². The van der Waals surface area contributed by atoms with Crippen LogP contribution in [0.4, 0.5) is 4.39 Å². The molecule has 7 heteroatoms. The van der Waals surface area contributed by atoms with Gasteiger partial charge >= 0.3 is 5.97 Å². The van der Waals surface area contributed by atoms with Crippen molar-refractivity contribution in [3.63, 3.8) is 0 Å². The highest BCUT2D eigenvalue weighted by Gasteiger charge is 2.28. The monoisotopic (exact) mass is 573 g/mol. The van der Waals surface area contributed by atoms with Crippen LogP contribution in [0, 0.1) is 5.82 Å². The molecule has 1 aliphatic rings. The number of rotatable bonds is 9. The molecule has 0 aliphatic carbocycles. The Labute approximate surface area is 249 Å². The van der Waals surface area contributed by atoms with Gasteiger partial charge in [0.25, 0.3) is 5.91 Å². The Morgan fingerprint density at radius 2 is 1.63 bits per heavy atom. The molecule has 1 aromatic heterocycles. The fourth-order valence-corrected chi connectivity index (χ4v) is 5.89. The molecule has 0 spiro atoms. The Morgan fingerprint density at radius 3 is 2.42 bits per heavy atom. The predicted octanol–water partition coefficient (Wildman–Crippen LogP) is 6.87. The molecule has 43 heavy (non-hydrogen) atoms. The second-order valence-corrected chi connectivity index (χ2v) is 11.1. The van der Waals surface area contributed by atoms with Gasteiger partial charge in [-0.1, -0.05) is 54.6 Å². The maximum absolute atomic E-state index is 13.7. The summed E-state index contributed by atoms with van der Waals surface area (Å²) in [5, 5.41) is 9.14. The van der Waals surface area contributed by atoms with Gasteiger partial charge in [-0.25, -0.2) is 14.4 Å². The van der Waals surface area contributed by atoms with Crippen LogP contribution in [0.2, 0.25) is 0 Å². The van der Waals surface area contributed by atoms with Gasteiger partial charge in [0.1, 0.15) is 5.82 Å². The van der Waals surface area contributed by atoms with Gasteiger partial charge in [0.2, 0.25) is 0 Å².